The van der Waals surface area contributed by atoms with Crippen LogP contribution in [0.5, 0.6) is 5.75 Å². The van der Waals surface area contributed by atoms with Crippen LogP contribution in [0.25, 0.3) is 0 Å². The minimum absolute atomic E-state index is 0.00318. The van der Waals surface area contributed by atoms with E-state index in [9.17, 15) is 4.79 Å². The summed E-state index contributed by atoms with van der Waals surface area (Å²) in [6.45, 7) is 6.30. The van der Waals surface area contributed by atoms with Crippen LogP contribution in [0.4, 0.5) is 0 Å². The molecule has 1 aromatic carbocycles. The summed E-state index contributed by atoms with van der Waals surface area (Å²) in [5.41, 5.74) is 1.04. The predicted molar refractivity (Wildman–Crippen MR) is 83.5 cm³/mol. The minimum Gasteiger partial charge on any atom is -0.496 e. The second-order valence-electron chi connectivity index (χ2n) is 5.45. The lowest BCUT2D eigenvalue weighted by atomic mass is 10.1. The molecule has 0 saturated carbocycles. The Morgan fingerprint density at radius 1 is 1.38 bits per heavy atom. The van der Waals surface area contributed by atoms with Gasteiger partial charge in [-0.15, -0.1) is 0 Å². The van der Waals surface area contributed by atoms with E-state index in [0.717, 1.165) is 37.5 Å². The number of nitrogens with one attached hydrogen (secondary N) is 1. The van der Waals surface area contributed by atoms with Gasteiger partial charge in [0.1, 0.15) is 5.75 Å². The van der Waals surface area contributed by atoms with E-state index in [1.807, 2.05) is 38.2 Å². The number of methoxy groups -OCH3 is 1. The van der Waals surface area contributed by atoms with Crippen LogP contribution in [0, 0.1) is 0 Å². The number of amides is 1. The zero-order chi connectivity index (χ0) is 15.2. The van der Waals surface area contributed by atoms with Gasteiger partial charge in [0.2, 0.25) is 5.91 Å². The van der Waals surface area contributed by atoms with Crippen LogP contribution in [0.3, 0.4) is 0 Å². The van der Waals surface area contributed by atoms with Gasteiger partial charge in [0.05, 0.1) is 19.7 Å². The average molecular weight is 291 g/mol. The Balaban J connectivity index is 2.00. The Bertz CT molecular complexity index is 472. The summed E-state index contributed by atoms with van der Waals surface area (Å²) in [5, 5.41) is 3.30. The molecule has 21 heavy (non-hydrogen) atoms. The van der Waals surface area contributed by atoms with Crippen molar-refractivity contribution < 1.29 is 9.53 Å². The van der Waals surface area contributed by atoms with Gasteiger partial charge in [-0.3, -0.25) is 9.69 Å². The van der Waals surface area contributed by atoms with Gasteiger partial charge in [-0.2, -0.15) is 0 Å². The normalized spacial score (nSPS) is 17.3. The van der Waals surface area contributed by atoms with Gasteiger partial charge in [-0.05, 0) is 13.0 Å². The van der Waals surface area contributed by atoms with E-state index in [2.05, 4.69) is 10.2 Å². The van der Waals surface area contributed by atoms with Gasteiger partial charge in [0, 0.05) is 38.8 Å². The second-order valence-corrected chi connectivity index (χ2v) is 5.45. The molecule has 1 unspecified atom stereocenters. The highest BCUT2D eigenvalue weighted by Crippen LogP contribution is 2.28. The number of benzene rings is 1. The maximum atomic E-state index is 12.4. The Kier molecular flexibility index (Phi) is 5.59. The lowest BCUT2D eigenvalue weighted by Gasteiger charge is -2.31. The van der Waals surface area contributed by atoms with Gasteiger partial charge in [-0.25, -0.2) is 0 Å². The molecule has 1 N–H and O–H groups in total. The zero-order valence-electron chi connectivity index (χ0n) is 13.1. The molecule has 0 aromatic heterocycles. The Morgan fingerprint density at radius 2 is 2.05 bits per heavy atom. The SMILES string of the molecule is COc1ccccc1C(C)N(C)C(=O)CN1CCNCC1. The molecule has 1 atom stereocenters. The number of likely N-dealkylation sites (N-methyl/N-ethyl adjacent to an activating group) is 1. The second kappa shape index (κ2) is 7.43. The van der Waals surface area contributed by atoms with Crippen molar-refractivity contribution in [2.45, 2.75) is 13.0 Å². The fourth-order valence-electron chi connectivity index (χ4n) is 2.61. The molecule has 1 amide bonds. The van der Waals surface area contributed by atoms with E-state index in [-0.39, 0.29) is 11.9 Å². The molecule has 0 spiro atoms. The van der Waals surface area contributed by atoms with E-state index in [0.29, 0.717) is 6.54 Å². The van der Waals surface area contributed by atoms with E-state index in [4.69, 9.17) is 4.74 Å². The summed E-state index contributed by atoms with van der Waals surface area (Å²) in [6, 6.07) is 7.86. The molecule has 1 saturated heterocycles. The molecule has 0 aliphatic carbocycles. The molecule has 0 radical (unpaired) electrons. The van der Waals surface area contributed by atoms with Crippen LogP contribution >= 0.6 is 0 Å². The first-order valence-corrected chi connectivity index (χ1v) is 7.45. The molecule has 5 nitrogen and oxygen atoms in total. The summed E-state index contributed by atoms with van der Waals surface area (Å²) in [7, 11) is 3.52. The Labute approximate surface area is 126 Å². The fraction of sp³-hybridized carbons (Fsp3) is 0.562. The molecule has 5 heteroatoms. The number of hydrogen-bond donors (Lipinski definition) is 1. The molecule has 1 aromatic rings. The van der Waals surface area contributed by atoms with Gasteiger partial charge >= 0.3 is 0 Å². The highest BCUT2D eigenvalue weighted by Gasteiger charge is 2.22. The van der Waals surface area contributed by atoms with Crippen LogP contribution in [0.1, 0.15) is 18.5 Å². The Hall–Kier alpha value is -1.59. The maximum absolute atomic E-state index is 12.4. The number of para-hydroxylation sites is 1. The topological polar surface area (TPSA) is 44.8 Å². The van der Waals surface area contributed by atoms with Gasteiger partial charge in [0.15, 0.2) is 0 Å². The standard InChI is InChI=1S/C16H25N3O2/c1-13(14-6-4-5-7-15(14)21-3)18(2)16(20)12-19-10-8-17-9-11-19/h4-7,13,17H,8-12H2,1-3H3. The number of piperazine rings is 1. The molecular formula is C16H25N3O2. The van der Waals surface area contributed by atoms with Crippen molar-refractivity contribution in [2.75, 3.05) is 46.9 Å². The first kappa shape index (κ1) is 15.8. The first-order valence-electron chi connectivity index (χ1n) is 7.45. The first-order chi connectivity index (χ1) is 10.1. The monoisotopic (exact) mass is 291 g/mol. The molecule has 1 aliphatic heterocycles. The lowest BCUT2D eigenvalue weighted by Crippen LogP contribution is -2.48. The average Bonchev–Trinajstić information content (AvgIpc) is 2.54. The molecule has 116 valence electrons. The van der Waals surface area contributed by atoms with Crippen LogP contribution in [-0.2, 0) is 4.79 Å². The van der Waals surface area contributed by atoms with Crippen molar-refractivity contribution >= 4 is 5.91 Å². The smallest absolute Gasteiger partial charge is 0.236 e. The number of rotatable bonds is 5. The summed E-state index contributed by atoms with van der Waals surface area (Å²) >= 11 is 0. The van der Waals surface area contributed by atoms with E-state index >= 15 is 0 Å². The summed E-state index contributed by atoms with van der Waals surface area (Å²) < 4.78 is 5.39. The third kappa shape index (κ3) is 3.95. The number of ether oxygens (including phenoxy) is 1. The van der Waals surface area contributed by atoms with Crippen LogP contribution in [0.15, 0.2) is 24.3 Å². The molecule has 1 aliphatic rings. The highest BCUT2D eigenvalue weighted by atomic mass is 16.5. The van der Waals surface area contributed by atoms with Crippen LogP contribution in [-0.4, -0.2) is 62.6 Å². The third-order valence-corrected chi connectivity index (χ3v) is 4.13. The quantitative estimate of drug-likeness (QED) is 0.883. The van der Waals surface area contributed by atoms with Crippen molar-refractivity contribution in [1.82, 2.24) is 15.1 Å². The van der Waals surface area contributed by atoms with E-state index < -0.39 is 0 Å². The lowest BCUT2D eigenvalue weighted by molar-refractivity contribution is -0.133. The minimum atomic E-state index is -0.00318. The molecular weight excluding hydrogens is 266 g/mol. The largest absolute Gasteiger partial charge is 0.496 e. The van der Waals surface area contributed by atoms with Crippen molar-refractivity contribution in [3.63, 3.8) is 0 Å². The van der Waals surface area contributed by atoms with Crippen molar-refractivity contribution in [3.8, 4) is 5.75 Å². The molecule has 2 rings (SSSR count). The maximum Gasteiger partial charge on any atom is 0.236 e. The fourth-order valence-corrected chi connectivity index (χ4v) is 2.61. The number of hydrogen-bond acceptors (Lipinski definition) is 4. The summed E-state index contributed by atoms with van der Waals surface area (Å²) in [5.74, 6) is 0.974. The van der Waals surface area contributed by atoms with Gasteiger partial charge in [0.25, 0.3) is 0 Å². The predicted octanol–water partition coefficient (Wildman–Crippen LogP) is 1.12. The van der Waals surface area contributed by atoms with Gasteiger partial charge in [-0.1, -0.05) is 18.2 Å². The highest BCUT2D eigenvalue weighted by molar-refractivity contribution is 5.78. The van der Waals surface area contributed by atoms with Crippen molar-refractivity contribution in [2.24, 2.45) is 0 Å². The third-order valence-electron chi connectivity index (χ3n) is 4.13. The Morgan fingerprint density at radius 3 is 2.71 bits per heavy atom. The van der Waals surface area contributed by atoms with Crippen molar-refractivity contribution in [3.05, 3.63) is 29.8 Å². The number of carbonyl (C=O) groups excluding carboxylic acids is 1. The molecule has 1 fully saturated rings. The van der Waals surface area contributed by atoms with E-state index in [1.54, 1.807) is 12.0 Å². The summed E-state index contributed by atoms with van der Waals surface area (Å²) in [4.78, 5) is 16.5. The summed E-state index contributed by atoms with van der Waals surface area (Å²) in [6.07, 6.45) is 0. The van der Waals surface area contributed by atoms with Crippen LogP contribution < -0.4 is 10.1 Å². The molecule has 0 bridgehead atoms. The van der Waals surface area contributed by atoms with E-state index in [1.165, 1.54) is 0 Å². The number of nitrogens with zero attached hydrogens (tertiary/aromatic N) is 2. The zero-order valence-corrected chi connectivity index (χ0v) is 13.1. The van der Waals surface area contributed by atoms with Gasteiger partial charge < -0.3 is 15.0 Å². The number of carbonyl (C=O) groups is 1. The van der Waals surface area contributed by atoms with Crippen molar-refractivity contribution in [1.29, 1.82) is 0 Å². The van der Waals surface area contributed by atoms with Crippen LogP contribution in [0.2, 0.25) is 0 Å². The molecule has 1 heterocycles.